The van der Waals surface area contributed by atoms with Gasteiger partial charge in [0.05, 0.1) is 0 Å². The summed E-state index contributed by atoms with van der Waals surface area (Å²) in [6, 6.07) is 5.61. The van der Waals surface area contributed by atoms with Gasteiger partial charge in [0.15, 0.2) is 0 Å². The van der Waals surface area contributed by atoms with Crippen molar-refractivity contribution in [3.8, 4) is 5.75 Å². The van der Waals surface area contributed by atoms with Crippen molar-refractivity contribution in [2.24, 2.45) is 5.92 Å². The van der Waals surface area contributed by atoms with E-state index in [4.69, 9.17) is 0 Å². The van der Waals surface area contributed by atoms with Crippen molar-refractivity contribution in [3.63, 3.8) is 0 Å². The summed E-state index contributed by atoms with van der Waals surface area (Å²) in [5, 5.41) is 5.69. The lowest BCUT2D eigenvalue weighted by Crippen LogP contribution is -2.35. The maximum atomic E-state index is 12.0. The zero-order valence-corrected chi connectivity index (χ0v) is 13.2. The molecule has 0 radical (unpaired) electrons. The lowest BCUT2D eigenvalue weighted by Gasteiger charge is -2.12. The molecule has 1 atom stereocenters. The predicted octanol–water partition coefficient (Wildman–Crippen LogP) is 2.52. The first-order chi connectivity index (χ1) is 9.81. The van der Waals surface area contributed by atoms with E-state index in [1.54, 1.807) is 19.2 Å². The van der Waals surface area contributed by atoms with Crippen molar-refractivity contribution >= 4 is 18.3 Å². The number of alkyl halides is 3. The third-order valence-electron chi connectivity index (χ3n) is 2.83. The molecule has 8 heteroatoms. The van der Waals surface area contributed by atoms with Crippen LogP contribution >= 0.6 is 12.4 Å². The van der Waals surface area contributed by atoms with Crippen molar-refractivity contribution in [3.05, 3.63) is 29.8 Å². The van der Waals surface area contributed by atoms with E-state index in [-0.39, 0.29) is 30.0 Å². The second-order valence-electron chi connectivity index (χ2n) is 4.69. The summed E-state index contributed by atoms with van der Waals surface area (Å²) in [4.78, 5) is 11.6. The highest BCUT2D eigenvalue weighted by molar-refractivity contribution is 5.85. The minimum Gasteiger partial charge on any atom is -0.406 e. The van der Waals surface area contributed by atoms with Crippen molar-refractivity contribution in [1.82, 2.24) is 10.6 Å². The Morgan fingerprint density at radius 3 is 2.36 bits per heavy atom. The Hall–Kier alpha value is -1.47. The Kier molecular flexibility index (Phi) is 8.89. The zero-order chi connectivity index (χ0) is 15.9. The van der Waals surface area contributed by atoms with E-state index >= 15 is 0 Å². The Morgan fingerprint density at radius 1 is 1.27 bits per heavy atom. The second-order valence-corrected chi connectivity index (χ2v) is 4.69. The van der Waals surface area contributed by atoms with Gasteiger partial charge in [0.25, 0.3) is 0 Å². The highest BCUT2D eigenvalue weighted by Gasteiger charge is 2.30. The smallest absolute Gasteiger partial charge is 0.406 e. The largest absolute Gasteiger partial charge is 0.573 e. The SMILES string of the molecule is CNCC(C)C(=O)NCCc1ccc(OC(F)(F)F)cc1.Cl. The number of carbonyl (C=O) groups is 1. The number of ether oxygens (including phenoxy) is 1. The topological polar surface area (TPSA) is 50.4 Å². The molecule has 1 aromatic rings. The Morgan fingerprint density at radius 2 is 1.86 bits per heavy atom. The first kappa shape index (κ1) is 20.5. The lowest BCUT2D eigenvalue weighted by atomic mass is 10.1. The summed E-state index contributed by atoms with van der Waals surface area (Å²) in [5.41, 5.74) is 0.825. The Labute approximate surface area is 133 Å². The average molecular weight is 341 g/mol. The number of rotatable bonds is 7. The van der Waals surface area contributed by atoms with E-state index in [1.165, 1.54) is 12.1 Å². The van der Waals surface area contributed by atoms with Crippen LogP contribution in [0.5, 0.6) is 5.75 Å². The molecular weight excluding hydrogens is 321 g/mol. The van der Waals surface area contributed by atoms with Crippen molar-refractivity contribution in [2.45, 2.75) is 19.7 Å². The van der Waals surface area contributed by atoms with Gasteiger partial charge in [-0.15, -0.1) is 25.6 Å². The van der Waals surface area contributed by atoms with Crippen LogP contribution in [0.4, 0.5) is 13.2 Å². The standard InChI is InChI=1S/C14H19F3N2O2.ClH/c1-10(9-18-2)13(20)19-8-7-11-3-5-12(6-4-11)21-14(15,16)17;/h3-6,10,18H,7-9H2,1-2H3,(H,19,20);1H. The molecule has 0 aliphatic heterocycles. The van der Waals surface area contributed by atoms with Gasteiger partial charge in [-0.2, -0.15) is 0 Å². The first-order valence-corrected chi connectivity index (χ1v) is 6.59. The second kappa shape index (κ2) is 9.53. The van der Waals surface area contributed by atoms with Crippen molar-refractivity contribution < 1.29 is 22.7 Å². The molecule has 0 heterocycles. The van der Waals surface area contributed by atoms with E-state index < -0.39 is 6.36 Å². The van der Waals surface area contributed by atoms with Crippen molar-refractivity contribution in [1.29, 1.82) is 0 Å². The molecule has 22 heavy (non-hydrogen) atoms. The number of halogens is 4. The number of hydrogen-bond donors (Lipinski definition) is 2. The molecule has 0 saturated carbocycles. The van der Waals surface area contributed by atoms with Crippen LogP contribution in [0.15, 0.2) is 24.3 Å². The summed E-state index contributed by atoms with van der Waals surface area (Å²) >= 11 is 0. The van der Waals surface area contributed by atoms with Crippen LogP contribution in [0.2, 0.25) is 0 Å². The zero-order valence-electron chi connectivity index (χ0n) is 12.4. The molecule has 1 aromatic carbocycles. The van der Waals surface area contributed by atoms with Crippen molar-refractivity contribution in [2.75, 3.05) is 20.1 Å². The molecule has 0 aromatic heterocycles. The Balaban J connectivity index is 0.00000441. The van der Waals surface area contributed by atoms with E-state index in [1.807, 2.05) is 6.92 Å². The van der Waals surface area contributed by atoms with Gasteiger partial charge in [-0.05, 0) is 31.2 Å². The minimum absolute atomic E-state index is 0. The van der Waals surface area contributed by atoms with Gasteiger partial charge in [0.1, 0.15) is 5.75 Å². The predicted molar refractivity (Wildman–Crippen MR) is 80.2 cm³/mol. The summed E-state index contributed by atoms with van der Waals surface area (Å²) in [5.74, 6) is -0.433. The van der Waals surface area contributed by atoms with E-state index in [0.29, 0.717) is 19.5 Å². The van der Waals surface area contributed by atoms with Crippen LogP contribution in [-0.4, -0.2) is 32.4 Å². The molecule has 2 N–H and O–H groups in total. The Bertz CT molecular complexity index is 452. The number of carbonyl (C=O) groups excluding carboxylic acids is 1. The molecule has 0 aliphatic carbocycles. The molecule has 126 valence electrons. The fraction of sp³-hybridized carbons (Fsp3) is 0.500. The fourth-order valence-electron chi connectivity index (χ4n) is 1.76. The number of hydrogen-bond acceptors (Lipinski definition) is 3. The molecule has 4 nitrogen and oxygen atoms in total. The molecule has 1 amide bonds. The maximum Gasteiger partial charge on any atom is 0.573 e. The van der Waals surface area contributed by atoms with Crippen LogP contribution in [0.1, 0.15) is 12.5 Å². The minimum atomic E-state index is -4.68. The molecule has 0 aliphatic rings. The van der Waals surface area contributed by atoms with Crippen LogP contribution in [0, 0.1) is 5.92 Å². The van der Waals surface area contributed by atoms with Gasteiger partial charge in [0, 0.05) is 19.0 Å². The normalized spacial score (nSPS) is 12.2. The molecule has 0 spiro atoms. The quantitative estimate of drug-likeness (QED) is 0.802. The monoisotopic (exact) mass is 340 g/mol. The van der Waals surface area contributed by atoms with Gasteiger partial charge in [-0.25, -0.2) is 0 Å². The third kappa shape index (κ3) is 8.09. The molecule has 1 rings (SSSR count). The summed E-state index contributed by atoms with van der Waals surface area (Å²) in [6.07, 6.45) is -4.14. The fourth-order valence-corrected chi connectivity index (χ4v) is 1.76. The van der Waals surface area contributed by atoms with Gasteiger partial charge < -0.3 is 15.4 Å². The van der Waals surface area contributed by atoms with Gasteiger partial charge in [0.2, 0.25) is 5.91 Å². The van der Waals surface area contributed by atoms with Crippen LogP contribution in [-0.2, 0) is 11.2 Å². The van der Waals surface area contributed by atoms with E-state index in [0.717, 1.165) is 5.56 Å². The average Bonchev–Trinajstić information content (AvgIpc) is 2.39. The number of nitrogens with one attached hydrogen (secondary N) is 2. The van der Waals surface area contributed by atoms with Gasteiger partial charge in [-0.3, -0.25) is 4.79 Å². The molecule has 0 fully saturated rings. The number of amides is 1. The first-order valence-electron chi connectivity index (χ1n) is 6.59. The van der Waals surface area contributed by atoms with Crippen LogP contribution in [0.3, 0.4) is 0 Å². The van der Waals surface area contributed by atoms with Gasteiger partial charge >= 0.3 is 6.36 Å². The third-order valence-corrected chi connectivity index (χ3v) is 2.83. The molecular formula is C14H20ClF3N2O2. The maximum absolute atomic E-state index is 12.0. The molecule has 0 saturated heterocycles. The van der Waals surface area contributed by atoms with Gasteiger partial charge in [-0.1, -0.05) is 19.1 Å². The summed E-state index contributed by atoms with van der Waals surface area (Å²) < 4.78 is 39.8. The molecule has 1 unspecified atom stereocenters. The lowest BCUT2D eigenvalue weighted by molar-refractivity contribution is -0.274. The van der Waals surface area contributed by atoms with Crippen LogP contribution < -0.4 is 15.4 Å². The molecule has 0 bridgehead atoms. The highest BCUT2D eigenvalue weighted by atomic mass is 35.5. The highest BCUT2D eigenvalue weighted by Crippen LogP contribution is 2.22. The van der Waals surface area contributed by atoms with E-state index in [2.05, 4.69) is 15.4 Å². The summed E-state index contributed by atoms with van der Waals surface area (Å²) in [6.45, 7) is 2.84. The summed E-state index contributed by atoms with van der Waals surface area (Å²) in [7, 11) is 1.77. The van der Waals surface area contributed by atoms with E-state index in [9.17, 15) is 18.0 Å². The number of benzene rings is 1. The van der Waals surface area contributed by atoms with Crippen LogP contribution in [0.25, 0.3) is 0 Å².